The summed E-state index contributed by atoms with van der Waals surface area (Å²) in [6.45, 7) is 3.99. The van der Waals surface area contributed by atoms with Crippen LogP contribution in [0.3, 0.4) is 0 Å². The number of phenols is 3. The maximum absolute atomic E-state index is 14.0. The summed E-state index contributed by atoms with van der Waals surface area (Å²) < 4.78 is 28.8. The molecule has 2 aromatic carbocycles. The maximum atomic E-state index is 14.0. The van der Waals surface area contributed by atoms with Crippen molar-refractivity contribution in [3.8, 4) is 34.3 Å². The van der Waals surface area contributed by atoms with Crippen LogP contribution < -0.4 is 10.2 Å². The van der Waals surface area contributed by atoms with Crippen molar-refractivity contribution in [1.29, 1.82) is 0 Å². The summed E-state index contributed by atoms with van der Waals surface area (Å²) in [5.41, 5.74) is -2.10. The summed E-state index contributed by atoms with van der Waals surface area (Å²) in [5.74, 6) is -2.04. The van der Waals surface area contributed by atoms with Gasteiger partial charge in [0, 0.05) is 17.2 Å². The largest absolute Gasteiger partial charge is 0.508 e. The van der Waals surface area contributed by atoms with Crippen molar-refractivity contribution in [3.05, 3.63) is 46.1 Å². The van der Waals surface area contributed by atoms with E-state index in [9.17, 15) is 55.9 Å². The van der Waals surface area contributed by atoms with Gasteiger partial charge in [-0.1, -0.05) is 0 Å². The molecule has 0 amide bonds. The molecule has 2 aliphatic heterocycles. The van der Waals surface area contributed by atoms with E-state index in [2.05, 4.69) is 0 Å². The van der Waals surface area contributed by atoms with Crippen LogP contribution >= 0.6 is 0 Å². The Morgan fingerprint density at radius 3 is 2.08 bits per heavy atom. The first-order chi connectivity index (χ1) is 22.5. The lowest BCUT2D eigenvalue weighted by atomic mass is 9.95. The topological polar surface area (TPSA) is 269 Å². The Morgan fingerprint density at radius 2 is 1.44 bits per heavy atom. The highest BCUT2D eigenvalue weighted by atomic mass is 16.7. The molecule has 0 aliphatic carbocycles. The van der Waals surface area contributed by atoms with Gasteiger partial charge in [-0.15, -0.1) is 0 Å². The van der Waals surface area contributed by atoms with E-state index >= 15 is 0 Å². The lowest BCUT2D eigenvalue weighted by Crippen LogP contribution is -2.60. The Kier molecular flexibility index (Phi) is 10.2. The fraction of sp³-hybridized carbons (Fsp3) is 0.531. The van der Waals surface area contributed by atoms with Crippen LogP contribution in [-0.2, 0) is 20.6 Å². The van der Waals surface area contributed by atoms with E-state index in [1.54, 1.807) is 13.8 Å². The third-order valence-electron chi connectivity index (χ3n) is 8.62. The number of aliphatic hydroxyl groups is 7. The van der Waals surface area contributed by atoms with Crippen LogP contribution in [0.15, 0.2) is 39.5 Å². The minimum atomic E-state index is -1.80. The lowest BCUT2D eigenvalue weighted by molar-refractivity contribution is -0.323. The number of hydrogen-bond donors (Lipinski definition) is 10. The van der Waals surface area contributed by atoms with Crippen LogP contribution in [0, 0.1) is 0 Å². The van der Waals surface area contributed by atoms with Crippen LogP contribution in [0.5, 0.6) is 23.0 Å². The van der Waals surface area contributed by atoms with Crippen molar-refractivity contribution in [2.24, 2.45) is 0 Å². The zero-order chi connectivity index (χ0) is 35.2. The van der Waals surface area contributed by atoms with Gasteiger partial charge in [-0.2, -0.15) is 0 Å². The SMILES string of the molecule is C[C@@H]1O[C@@H](Oc2c(-c3ccc(O)cc3)oc3c(CCC(C)(C)O[C@@H]4O[C@H](CO)[C@@H](O)[C@H](O)[C@H]4O)c(O)cc(O)c3c2=O)[C@H](O)[C@H](O)[C@H]1O. The van der Waals surface area contributed by atoms with Gasteiger partial charge in [0.2, 0.25) is 17.5 Å². The number of benzene rings is 2. The molecular formula is C32H40O16. The minimum Gasteiger partial charge on any atom is -0.508 e. The monoisotopic (exact) mass is 680 g/mol. The summed E-state index contributed by atoms with van der Waals surface area (Å²) in [6.07, 6.45) is -15.2. The van der Waals surface area contributed by atoms with Crippen LogP contribution in [0.1, 0.15) is 32.8 Å². The highest BCUT2D eigenvalue weighted by Gasteiger charge is 2.46. The number of phenolic OH excluding ortho intramolecular Hbond substituents is 3. The van der Waals surface area contributed by atoms with Crippen molar-refractivity contribution in [1.82, 2.24) is 0 Å². The number of aromatic hydroxyl groups is 3. The molecule has 0 spiro atoms. The molecule has 10 atom stereocenters. The number of hydrogen-bond acceptors (Lipinski definition) is 16. The second kappa shape index (κ2) is 13.8. The molecule has 0 radical (unpaired) electrons. The van der Waals surface area contributed by atoms with Crippen molar-refractivity contribution < 1.29 is 74.4 Å². The number of rotatable bonds is 9. The van der Waals surface area contributed by atoms with E-state index in [1.807, 2.05) is 0 Å². The average Bonchev–Trinajstić information content (AvgIpc) is 3.03. The molecule has 2 fully saturated rings. The molecule has 2 aliphatic rings. The molecule has 16 heteroatoms. The van der Waals surface area contributed by atoms with Crippen molar-refractivity contribution in [3.63, 3.8) is 0 Å². The second-order valence-corrected chi connectivity index (χ2v) is 12.6. The Hall–Kier alpha value is -3.55. The summed E-state index contributed by atoms with van der Waals surface area (Å²) in [6, 6.07) is 6.32. The molecule has 0 saturated carbocycles. The first-order valence-corrected chi connectivity index (χ1v) is 15.2. The van der Waals surface area contributed by atoms with Gasteiger partial charge in [-0.05, 0) is 57.9 Å². The van der Waals surface area contributed by atoms with Gasteiger partial charge < -0.3 is 74.4 Å². The van der Waals surface area contributed by atoms with Crippen LogP contribution in [-0.4, -0.2) is 125 Å². The molecule has 5 rings (SSSR count). The van der Waals surface area contributed by atoms with Crippen molar-refractivity contribution in [2.75, 3.05) is 6.61 Å². The Balaban J connectivity index is 1.54. The zero-order valence-corrected chi connectivity index (χ0v) is 26.2. The molecule has 0 unspecified atom stereocenters. The number of fused-ring (bicyclic) bond motifs is 1. The summed E-state index contributed by atoms with van der Waals surface area (Å²) in [7, 11) is 0. The van der Waals surface area contributed by atoms with E-state index in [4.69, 9.17) is 23.4 Å². The molecule has 264 valence electrons. The third kappa shape index (κ3) is 6.81. The first kappa shape index (κ1) is 35.7. The third-order valence-corrected chi connectivity index (χ3v) is 8.62. The molecular weight excluding hydrogens is 640 g/mol. The fourth-order valence-electron chi connectivity index (χ4n) is 5.71. The number of aryl methyl sites for hydroxylation is 1. The standard InChI is InChI=1S/C32H40O16/c1-12-20(37)23(40)25(42)30(44-12)47-29-22(39)19-17(36)10-16(35)15(28(19)46-27(29)13-4-6-14(34)7-5-13)8-9-32(2,3)48-31-26(43)24(41)21(38)18(11-33)45-31/h4-7,10,12,18,20-21,23-26,30-31,33-38,40-43H,8-9,11H2,1-3H3/t12-,18+,20-,21+,23+,24-,25+,26+,30-,31-/m0/s1. The van der Waals surface area contributed by atoms with Gasteiger partial charge in [0.25, 0.3) is 0 Å². The highest BCUT2D eigenvalue weighted by Crippen LogP contribution is 2.41. The molecule has 48 heavy (non-hydrogen) atoms. The van der Waals surface area contributed by atoms with Gasteiger partial charge in [-0.25, -0.2) is 0 Å². The van der Waals surface area contributed by atoms with E-state index in [-0.39, 0.29) is 41.1 Å². The van der Waals surface area contributed by atoms with Gasteiger partial charge in [0.05, 0.1) is 18.3 Å². The fourth-order valence-corrected chi connectivity index (χ4v) is 5.71. The van der Waals surface area contributed by atoms with Gasteiger partial charge in [-0.3, -0.25) is 4.79 Å². The van der Waals surface area contributed by atoms with Crippen molar-refractivity contribution in [2.45, 2.75) is 101 Å². The van der Waals surface area contributed by atoms with Crippen molar-refractivity contribution >= 4 is 11.0 Å². The molecule has 3 aromatic rings. The predicted molar refractivity (Wildman–Crippen MR) is 163 cm³/mol. The zero-order valence-electron chi connectivity index (χ0n) is 26.2. The lowest BCUT2D eigenvalue weighted by Gasteiger charge is -2.42. The molecule has 3 heterocycles. The molecule has 1 aromatic heterocycles. The van der Waals surface area contributed by atoms with Crippen LogP contribution in [0.25, 0.3) is 22.3 Å². The Morgan fingerprint density at radius 1 is 0.812 bits per heavy atom. The first-order valence-electron chi connectivity index (χ1n) is 15.2. The average molecular weight is 681 g/mol. The van der Waals surface area contributed by atoms with E-state index in [0.717, 1.165) is 6.07 Å². The van der Waals surface area contributed by atoms with Crippen LogP contribution in [0.2, 0.25) is 0 Å². The number of ether oxygens (including phenoxy) is 4. The Labute approximate surface area is 273 Å². The minimum absolute atomic E-state index is 0.0538. The Bertz CT molecular complexity index is 1650. The van der Waals surface area contributed by atoms with E-state index in [0.29, 0.717) is 0 Å². The van der Waals surface area contributed by atoms with Gasteiger partial charge >= 0.3 is 0 Å². The predicted octanol–water partition coefficient (Wildman–Crippen LogP) is -0.689. The normalized spacial score (nSPS) is 31.2. The molecule has 16 nitrogen and oxygen atoms in total. The summed E-state index contributed by atoms with van der Waals surface area (Å²) in [4.78, 5) is 14.0. The smallest absolute Gasteiger partial charge is 0.239 e. The van der Waals surface area contributed by atoms with E-state index in [1.165, 1.54) is 31.2 Å². The summed E-state index contributed by atoms with van der Waals surface area (Å²) in [5, 5.41) is 102. The maximum Gasteiger partial charge on any atom is 0.239 e. The summed E-state index contributed by atoms with van der Waals surface area (Å²) >= 11 is 0. The molecule has 2 saturated heterocycles. The molecule has 10 N–H and O–H groups in total. The van der Waals surface area contributed by atoms with E-state index < -0.39 is 102 Å². The van der Waals surface area contributed by atoms with Gasteiger partial charge in [0.1, 0.15) is 70.9 Å². The van der Waals surface area contributed by atoms with Crippen LogP contribution in [0.4, 0.5) is 0 Å². The molecule has 0 bridgehead atoms. The number of aliphatic hydroxyl groups excluding tert-OH is 7. The van der Waals surface area contributed by atoms with Gasteiger partial charge in [0.15, 0.2) is 12.1 Å². The highest BCUT2D eigenvalue weighted by molar-refractivity contribution is 5.91. The second-order valence-electron chi connectivity index (χ2n) is 12.6. The quantitative estimate of drug-likeness (QED) is 0.134.